The molecule has 0 bridgehead atoms. The fourth-order valence-corrected chi connectivity index (χ4v) is 5.85. The van der Waals surface area contributed by atoms with Gasteiger partial charge in [-0.15, -0.1) is 0 Å². The number of aliphatic carboxylic acids is 1. The molecule has 218 valence electrons. The predicted molar refractivity (Wildman–Crippen MR) is 159 cm³/mol. The van der Waals surface area contributed by atoms with Crippen molar-refractivity contribution in [3.8, 4) is 11.8 Å². The van der Waals surface area contributed by atoms with Crippen LogP contribution in [0.5, 0.6) is 11.8 Å². The molecule has 0 spiro atoms. The van der Waals surface area contributed by atoms with Crippen molar-refractivity contribution in [2.75, 3.05) is 18.6 Å². The Bertz CT molecular complexity index is 1510. The van der Waals surface area contributed by atoms with Crippen molar-refractivity contribution < 1.29 is 24.2 Å². The molecule has 42 heavy (non-hydrogen) atoms. The summed E-state index contributed by atoms with van der Waals surface area (Å²) in [7, 11) is 1.61. The van der Waals surface area contributed by atoms with Crippen LogP contribution in [-0.4, -0.2) is 46.7 Å². The molecule has 0 saturated heterocycles. The van der Waals surface area contributed by atoms with Crippen molar-refractivity contribution in [2.45, 2.75) is 51.8 Å². The minimum atomic E-state index is -1.48. The SMILES string of the molecule is CCC1C=CC=C([C@]2([C@H](Oc3nc(C)cc(C)n3)C(=O)O)NCC(=O)N(Cc3ccc(OC)cc3)c3ccccc32)C1. The number of ether oxygens (including phenoxy) is 2. The summed E-state index contributed by atoms with van der Waals surface area (Å²) in [6, 6.07) is 16.8. The van der Waals surface area contributed by atoms with Crippen LogP contribution in [0.3, 0.4) is 0 Å². The highest BCUT2D eigenvalue weighted by atomic mass is 16.5. The van der Waals surface area contributed by atoms with Crippen molar-refractivity contribution in [3.63, 3.8) is 0 Å². The van der Waals surface area contributed by atoms with Gasteiger partial charge in [-0.1, -0.05) is 55.5 Å². The molecule has 2 aliphatic rings. The fourth-order valence-electron chi connectivity index (χ4n) is 5.85. The molecule has 3 atom stereocenters. The molecule has 1 aliphatic carbocycles. The molecule has 3 aromatic rings. The molecule has 2 aromatic carbocycles. The van der Waals surface area contributed by atoms with Crippen LogP contribution in [0, 0.1) is 19.8 Å². The molecule has 9 nitrogen and oxygen atoms in total. The number of hydrogen-bond acceptors (Lipinski definition) is 7. The van der Waals surface area contributed by atoms with Gasteiger partial charge in [0.1, 0.15) is 11.3 Å². The Hall–Kier alpha value is -4.50. The van der Waals surface area contributed by atoms with Crippen LogP contribution in [0.25, 0.3) is 0 Å². The summed E-state index contributed by atoms with van der Waals surface area (Å²) >= 11 is 0. The van der Waals surface area contributed by atoms with Crippen LogP contribution in [0.4, 0.5) is 5.69 Å². The number of carbonyl (C=O) groups excluding carboxylic acids is 1. The maximum absolute atomic E-state index is 13.8. The number of amides is 1. The molecule has 0 fully saturated rings. The first-order valence-electron chi connectivity index (χ1n) is 14.1. The number of nitrogens with zero attached hydrogens (tertiary/aromatic N) is 3. The number of anilines is 1. The van der Waals surface area contributed by atoms with E-state index in [0.717, 1.165) is 23.3 Å². The Balaban J connectivity index is 1.69. The highest BCUT2D eigenvalue weighted by molar-refractivity contribution is 5.97. The van der Waals surface area contributed by atoms with Crippen molar-refractivity contribution in [2.24, 2.45) is 5.92 Å². The van der Waals surface area contributed by atoms with Gasteiger partial charge in [0.2, 0.25) is 12.0 Å². The van der Waals surface area contributed by atoms with Gasteiger partial charge in [-0.2, -0.15) is 0 Å². The van der Waals surface area contributed by atoms with E-state index in [-0.39, 0.29) is 24.4 Å². The third-order valence-electron chi connectivity index (χ3n) is 7.94. The zero-order chi connectivity index (χ0) is 29.9. The van der Waals surface area contributed by atoms with E-state index in [1.54, 1.807) is 18.1 Å². The number of carbonyl (C=O) groups is 2. The summed E-state index contributed by atoms with van der Waals surface area (Å²) < 4.78 is 11.5. The summed E-state index contributed by atoms with van der Waals surface area (Å²) in [6.45, 7) is 5.91. The summed E-state index contributed by atoms with van der Waals surface area (Å²) in [6.07, 6.45) is 6.04. The monoisotopic (exact) mass is 568 g/mol. The van der Waals surface area contributed by atoms with Gasteiger partial charge >= 0.3 is 12.0 Å². The van der Waals surface area contributed by atoms with Gasteiger partial charge in [0.15, 0.2) is 0 Å². The number of nitrogens with one attached hydrogen (secondary N) is 1. The number of carboxylic acid groups (broad SMARTS) is 1. The quantitative estimate of drug-likeness (QED) is 0.376. The number of allylic oxidation sites excluding steroid dienone is 3. The highest BCUT2D eigenvalue weighted by Crippen LogP contribution is 2.45. The fraction of sp³-hybridized carbons (Fsp3) is 0.333. The Kier molecular flexibility index (Phi) is 8.40. The van der Waals surface area contributed by atoms with Crippen LogP contribution in [-0.2, 0) is 21.7 Å². The average Bonchev–Trinajstić information content (AvgIpc) is 3.11. The summed E-state index contributed by atoms with van der Waals surface area (Å²) in [5.41, 5.74) is 2.91. The number of para-hydroxylation sites is 1. The first-order chi connectivity index (χ1) is 20.2. The maximum Gasteiger partial charge on any atom is 0.347 e. The van der Waals surface area contributed by atoms with Crippen molar-refractivity contribution in [3.05, 3.63) is 101 Å². The third kappa shape index (κ3) is 5.65. The van der Waals surface area contributed by atoms with Gasteiger partial charge in [-0.3, -0.25) is 10.1 Å². The molecule has 0 saturated carbocycles. The molecule has 5 rings (SSSR count). The molecule has 9 heteroatoms. The second-order valence-corrected chi connectivity index (χ2v) is 10.7. The van der Waals surface area contributed by atoms with E-state index in [9.17, 15) is 14.7 Å². The summed E-state index contributed by atoms with van der Waals surface area (Å²) in [4.78, 5) is 37.5. The number of aryl methyl sites for hydroxylation is 2. The van der Waals surface area contributed by atoms with E-state index in [4.69, 9.17) is 9.47 Å². The summed E-state index contributed by atoms with van der Waals surface area (Å²) in [5, 5.41) is 14.2. The van der Waals surface area contributed by atoms with Gasteiger partial charge in [-0.25, -0.2) is 14.8 Å². The summed E-state index contributed by atoms with van der Waals surface area (Å²) in [5.74, 6) is -0.456. The first kappa shape index (κ1) is 29.0. The minimum Gasteiger partial charge on any atom is -0.497 e. The highest BCUT2D eigenvalue weighted by Gasteiger charge is 2.53. The average molecular weight is 569 g/mol. The van der Waals surface area contributed by atoms with Crippen LogP contribution in [0.2, 0.25) is 0 Å². The zero-order valence-corrected chi connectivity index (χ0v) is 24.3. The molecule has 1 amide bonds. The van der Waals surface area contributed by atoms with Gasteiger partial charge < -0.3 is 19.5 Å². The molecule has 0 radical (unpaired) electrons. The number of carboxylic acids is 1. The molecular weight excluding hydrogens is 532 g/mol. The van der Waals surface area contributed by atoms with Crippen LogP contribution in [0.1, 0.15) is 42.3 Å². The predicted octanol–water partition coefficient (Wildman–Crippen LogP) is 4.88. The van der Waals surface area contributed by atoms with E-state index in [1.807, 2.05) is 74.5 Å². The van der Waals surface area contributed by atoms with Crippen molar-refractivity contribution in [1.82, 2.24) is 15.3 Å². The topological polar surface area (TPSA) is 114 Å². The second-order valence-electron chi connectivity index (χ2n) is 10.7. The standard InChI is InChI=1S/C33H36N4O5/c1-5-23-9-8-10-25(18-23)33(30(31(39)40)42-32-35-21(2)17-22(3)36-32)27-11-6-7-12-28(27)37(29(38)19-34-33)20-24-13-15-26(41-4)16-14-24/h6-17,23,30,34H,5,18-20H2,1-4H3,(H,39,40)/t23?,30-,33+/m1/s1. The number of fused-ring (bicyclic) bond motifs is 1. The van der Waals surface area contributed by atoms with Gasteiger partial charge in [0, 0.05) is 22.6 Å². The lowest BCUT2D eigenvalue weighted by atomic mass is 9.72. The maximum atomic E-state index is 13.8. The minimum absolute atomic E-state index is 0.0248. The lowest BCUT2D eigenvalue weighted by molar-refractivity contribution is -0.149. The van der Waals surface area contributed by atoms with Crippen molar-refractivity contribution in [1.29, 1.82) is 0 Å². The van der Waals surface area contributed by atoms with E-state index >= 15 is 0 Å². The molecule has 2 heterocycles. The number of aromatic nitrogens is 2. The third-order valence-corrected chi connectivity index (χ3v) is 7.94. The Morgan fingerprint density at radius 2 is 1.86 bits per heavy atom. The second kappa shape index (κ2) is 12.2. The van der Waals surface area contributed by atoms with E-state index in [0.29, 0.717) is 35.6 Å². The van der Waals surface area contributed by atoms with E-state index in [1.165, 1.54) is 0 Å². The van der Waals surface area contributed by atoms with Crippen LogP contribution < -0.4 is 19.7 Å². The van der Waals surface area contributed by atoms with E-state index in [2.05, 4.69) is 28.3 Å². The normalized spacial score (nSPS) is 20.8. The first-order valence-corrected chi connectivity index (χ1v) is 14.1. The molecule has 2 N–H and O–H groups in total. The molecule has 1 aromatic heterocycles. The number of hydrogen-bond donors (Lipinski definition) is 2. The van der Waals surface area contributed by atoms with Crippen molar-refractivity contribution >= 4 is 17.6 Å². The Labute approximate surface area is 245 Å². The lowest BCUT2D eigenvalue weighted by Crippen LogP contribution is -2.59. The van der Waals surface area contributed by atoms with Crippen LogP contribution >= 0.6 is 0 Å². The molecular formula is C33H36N4O5. The number of methoxy groups -OCH3 is 1. The molecule has 1 unspecified atom stereocenters. The Morgan fingerprint density at radius 3 is 2.52 bits per heavy atom. The largest absolute Gasteiger partial charge is 0.497 e. The molecule has 1 aliphatic heterocycles. The number of rotatable bonds is 9. The van der Waals surface area contributed by atoms with Gasteiger partial charge in [-0.05, 0) is 68.0 Å². The smallest absolute Gasteiger partial charge is 0.347 e. The zero-order valence-electron chi connectivity index (χ0n) is 24.3. The van der Waals surface area contributed by atoms with Gasteiger partial charge in [0.05, 0.1) is 20.2 Å². The number of benzene rings is 2. The van der Waals surface area contributed by atoms with E-state index < -0.39 is 17.6 Å². The van der Waals surface area contributed by atoms with Crippen LogP contribution in [0.15, 0.2) is 78.4 Å². The lowest BCUT2D eigenvalue weighted by Gasteiger charge is -2.42. The Morgan fingerprint density at radius 1 is 1.14 bits per heavy atom. The van der Waals surface area contributed by atoms with Gasteiger partial charge in [0.25, 0.3) is 0 Å².